The van der Waals surface area contributed by atoms with E-state index in [1.807, 2.05) is 0 Å². The Kier molecular flexibility index (Phi) is 6.80. The van der Waals surface area contributed by atoms with Crippen molar-refractivity contribution in [3.8, 4) is 5.75 Å². The zero-order valence-corrected chi connectivity index (χ0v) is 18.8. The number of amides is 2. The molecule has 178 valence electrons. The second-order valence-electron chi connectivity index (χ2n) is 8.79. The van der Waals surface area contributed by atoms with Crippen molar-refractivity contribution in [1.29, 1.82) is 0 Å². The Morgan fingerprint density at radius 1 is 1.18 bits per heavy atom. The smallest absolute Gasteiger partial charge is 0.418 e. The fourth-order valence-electron chi connectivity index (χ4n) is 3.26. The molecule has 2 aromatic heterocycles. The molecule has 33 heavy (non-hydrogen) atoms. The molecule has 1 aliphatic heterocycles. The molecule has 11 heteroatoms. The van der Waals surface area contributed by atoms with Gasteiger partial charge in [0.15, 0.2) is 11.6 Å². The van der Waals surface area contributed by atoms with Crippen molar-refractivity contribution in [2.24, 2.45) is 5.41 Å². The lowest BCUT2D eigenvalue weighted by molar-refractivity contribution is -0.138. The Bertz CT molecular complexity index is 1040. The van der Waals surface area contributed by atoms with E-state index in [4.69, 9.17) is 4.74 Å². The zero-order chi connectivity index (χ0) is 24.4. The van der Waals surface area contributed by atoms with Crippen LogP contribution in [-0.2, 0) is 11.0 Å². The number of nitrogens with one attached hydrogen (secondary N) is 2. The number of methoxy groups -OCH3 is 1. The van der Waals surface area contributed by atoms with Gasteiger partial charge in [-0.2, -0.15) is 13.2 Å². The number of halogens is 3. The predicted molar refractivity (Wildman–Crippen MR) is 116 cm³/mol. The van der Waals surface area contributed by atoms with Crippen molar-refractivity contribution in [2.45, 2.75) is 39.4 Å². The zero-order valence-electron chi connectivity index (χ0n) is 18.8. The maximum Gasteiger partial charge on any atom is 0.418 e. The number of ether oxygens (including phenoxy) is 1. The van der Waals surface area contributed by atoms with E-state index in [0.29, 0.717) is 30.9 Å². The first-order chi connectivity index (χ1) is 15.4. The van der Waals surface area contributed by atoms with Crippen molar-refractivity contribution in [1.82, 2.24) is 15.3 Å². The highest BCUT2D eigenvalue weighted by molar-refractivity contribution is 5.97. The van der Waals surface area contributed by atoms with Crippen LogP contribution in [0.3, 0.4) is 0 Å². The molecular weight excluding hydrogens is 439 g/mol. The second-order valence-corrected chi connectivity index (χ2v) is 8.79. The van der Waals surface area contributed by atoms with Crippen molar-refractivity contribution in [3.63, 3.8) is 0 Å². The third-order valence-electron chi connectivity index (χ3n) is 5.15. The van der Waals surface area contributed by atoms with Crippen LogP contribution in [0.15, 0.2) is 30.6 Å². The molecular formula is C22H26F3N5O3. The summed E-state index contributed by atoms with van der Waals surface area (Å²) in [5.41, 5.74) is -1.17. The van der Waals surface area contributed by atoms with Crippen molar-refractivity contribution >= 4 is 23.5 Å². The summed E-state index contributed by atoms with van der Waals surface area (Å²) in [5.74, 6) is 0.0117. The lowest BCUT2D eigenvalue weighted by Crippen LogP contribution is -2.37. The number of nitrogens with zero attached hydrogens (tertiary/aromatic N) is 3. The van der Waals surface area contributed by atoms with Crippen molar-refractivity contribution in [2.75, 3.05) is 30.4 Å². The minimum Gasteiger partial charge on any atom is -0.493 e. The molecule has 1 unspecified atom stereocenters. The molecule has 2 amide bonds. The predicted octanol–water partition coefficient (Wildman–Crippen LogP) is 3.50. The summed E-state index contributed by atoms with van der Waals surface area (Å²) in [5, 5.41) is 5.60. The largest absolute Gasteiger partial charge is 0.493 e. The Balaban J connectivity index is 1.66. The molecule has 0 bridgehead atoms. The molecule has 0 aliphatic carbocycles. The first kappa shape index (κ1) is 24.3. The van der Waals surface area contributed by atoms with Crippen LogP contribution in [0.5, 0.6) is 5.75 Å². The first-order valence-electron chi connectivity index (χ1n) is 10.3. The van der Waals surface area contributed by atoms with E-state index in [0.717, 1.165) is 12.3 Å². The van der Waals surface area contributed by atoms with Crippen molar-refractivity contribution in [3.05, 3.63) is 41.7 Å². The summed E-state index contributed by atoms with van der Waals surface area (Å²) < 4.78 is 44.0. The van der Waals surface area contributed by atoms with Crippen LogP contribution < -0.4 is 20.3 Å². The molecule has 8 nitrogen and oxygen atoms in total. The molecule has 1 atom stereocenters. The van der Waals surface area contributed by atoms with Crippen LogP contribution in [0.25, 0.3) is 0 Å². The summed E-state index contributed by atoms with van der Waals surface area (Å²) in [6, 6.07) is 3.70. The summed E-state index contributed by atoms with van der Waals surface area (Å²) in [4.78, 5) is 34.7. The molecule has 1 fully saturated rings. The molecule has 3 heterocycles. The summed E-state index contributed by atoms with van der Waals surface area (Å²) in [6.07, 6.45) is -1.73. The number of aromatic nitrogens is 2. The highest BCUT2D eigenvalue weighted by Gasteiger charge is 2.34. The monoisotopic (exact) mass is 465 g/mol. The molecule has 2 aromatic rings. The Morgan fingerprint density at radius 2 is 1.91 bits per heavy atom. The van der Waals surface area contributed by atoms with Gasteiger partial charge in [0, 0.05) is 42.5 Å². The van der Waals surface area contributed by atoms with Gasteiger partial charge in [-0.25, -0.2) is 9.97 Å². The topological polar surface area (TPSA) is 96.4 Å². The minimum absolute atomic E-state index is 0.0187. The van der Waals surface area contributed by atoms with Gasteiger partial charge in [-0.05, 0) is 24.6 Å². The van der Waals surface area contributed by atoms with Crippen LogP contribution in [0.2, 0.25) is 0 Å². The quantitative estimate of drug-likeness (QED) is 0.702. The van der Waals surface area contributed by atoms with Gasteiger partial charge in [-0.3, -0.25) is 9.59 Å². The molecule has 0 saturated carbocycles. The van der Waals surface area contributed by atoms with Gasteiger partial charge in [0.2, 0.25) is 5.91 Å². The fraction of sp³-hybridized carbons (Fsp3) is 0.455. The number of carbonyl (C=O) groups is 2. The summed E-state index contributed by atoms with van der Waals surface area (Å²) in [6.45, 7) is 6.16. The van der Waals surface area contributed by atoms with Crippen LogP contribution in [-0.4, -0.2) is 48.0 Å². The maximum atomic E-state index is 13.0. The van der Waals surface area contributed by atoms with E-state index in [1.165, 1.54) is 25.4 Å². The Hall–Kier alpha value is -3.37. The molecule has 1 saturated heterocycles. The van der Waals surface area contributed by atoms with Gasteiger partial charge >= 0.3 is 6.18 Å². The Morgan fingerprint density at radius 3 is 2.55 bits per heavy atom. The first-order valence-corrected chi connectivity index (χ1v) is 10.3. The molecule has 0 spiro atoms. The van der Waals surface area contributed by atoms with E-state index in [2.05, 4.69) is 20.6 Å². The number of hydrogen-bond donors (Lipinski definition) is 2. The molecule has 1 aliphatic rings. The van der Waals surface area contributed by atoms with Crippen LogP contribution in [0, 0.1) is 5.41 Å². The standard InChI is InChI=1S/C22H26F3N5O3/c1-21(2,3)20(32)29-17-9-13(5-7-26-17)19(31)28-15-6-8-30(12-15)18-16(33-4)10-14(11-27-18)22(23,24)25/h5,7,9-11,15H,6,8,12H2,1-4H3,(H,28,31)(H,26,29,32). The number of pyridine rings is 2. The highest BCUT2D eigenvalue weighted by atomic mass is 19.4. The van der Waals surface area contributed by atoms with Gasteiger partial charge in [-0.15, -0.1) is 0 Å². The molecule has 0 aromatic carbocycles. The Labute approximate surface area is 189 Å². The number of alkyl halides is 3. The van der Waals surface area contributed by atoms with E-state index in [-0.39, 0.29) is 29.4 Å². The number of rotatable bonds is 5. The highest BCUT2D eigenvalue weighted by Crippen LogP contribution is 2.35. The lowest BCUT2D eigenvalue weighted by atomic mass is 9.96. The number of carbonyl (C=O) groups excluding carboxylic acids is 2. The normalized spacial score (nSPS) is 16.5. The van der Waals surface area contributed by atoms with Gasteiger partial charge in [0.1, 0.15) is 5.82 Å². The molecule has 2 N–H and O–H groups in total. The molecule has 3 rings (SSSR count). The maximum absolute atomic E-state index is 13.0. The summed E-state index contributed by atoms with van der Waals surface area (Å²) in [7, 11) is 1.29. The SMILES string of the molecule is COc1cc(C(F)(F)F)cnc1N1CCC(NC(=O)c2ccnc(NC(=O)C(C)(C)C)c2)C1. The van der Waals surface area contributed by atoms with Gasteiger partial charge in [0.05, 0.1) is 12.7 Å². The summed E-state index contributed by atoms with van der Waals surface area (Å²) >= 11 is 0. The van der Waals surface area contributed by atoms with Gasteiger partial charge in [0.25, 0.3) is 5.91 Å². The number of hydrogen-bond acceptors (Lipinski definition) is 6. The average Bonchev–Trinajstić information content (AvgIpc) is 3.20. The molecule has 0 radical (unpaired) electrons. The third-order valence-corrected chi connectivity index (χ3v) is 5.15. The second kappa shape index (κ2) is 9.24. The van der Waals surface area contributed by atoms with Crippen LogP contribution >= 0.6 is 0 Å². The van der Waals surface area contributed by atoms with Crippen molar-refractivity contribution < 1.29 is 27.5 Å². The van der Waals surface area contributed by atoms with Gasteiger partial charge in [-0.1, -0.05) is 20.8 Å². The number of anilines is 2. The van der Waals surface area contributed by atoms with Gasteiger partial charge < -0.3 is 20.3 Å². The lowest BCUT2D eigenvalue weighted by Gasteiger charge is -2.21. The fourth-order valence-corrected chi connectivity index (χ4v) is 3.26. The third kappa shape index (κ3) is 5.91. The van der Waals surface area contributed by atoms with E-state index in [9.17, 15) is 22.8 Å². The van der Waals surface area contributed by atoms with E-state index >= 15 is 0 Å². The van der Waals surface area contributed by atoms with Crippen LogP contribution in [0.4, 0.5) is 24.8 Å². The van der Waals surface area contributed by atoms with Crippen LogP contribution in [0.1, 0.15) is 43.1 Å². The van der Waals surface area contributed by atoms with E-state index < -0.39 is 17.2 Å². The minimum atomic E-state index is -4.52. The van der Waals surface area contributed by atoms with E-state index in [1.54, 1.807) is 25.7 Å². The average molecular weight is 465 g/mol.